The van der Waals surface area contributed by atoms with Crippen LogP contribution < -0.4 is 5.32 Å². The van der Waals surface area contributed by atoms with Crippen molar-refractivity contribution in [3.8, 4) is 0 Å². The number of amides is 1. The first kappa shape index (κ1) is 52.0. The van der Waals surface area contributed by atoms with Gasteiger partial charge in [-0.15, -0.1) is 0 Å². The third-order valence-electron chi connectivity index (χ3n) is 9.68. The fourth-order valence-electron chi connectivity index (χ4n) is 6.21. The van der Waals surface area contributed by atoms with E-state index in [1.54, 1.807) is 6.08 Å². The van der Waals surface area contributed by atoms with E-state index < -0.39 is 75.2 Å². The summed E-state index contributed by atoms with van der Waals surface area (Å²) in [6.07, 6.45) is 23.6. The van der Waals surface area contributed by atoms with Gasteiger partial charge >= 0.3 is 7.82 Å². The monoisotopic (exact) mass is 815 g/mol. The van der Waals surface area contributed by atoms with Crippen LogP contribution >= 0.6 is 7.82 Å². The zero-order chi connectivity index (χ0) is 41.6. The molecule has 1 aliphatic carbocycles. The highest BCUT2D eigenvalue weighted by Gasteiger charge is 2.51. The third-order valence-corrected chi connectivity index (χ3v) is 10.7. The first-order valence-corrected chi connectivity index (χ1v) is 22.3. The molecule has 13 nitrogen and oxygen atoms in total. The molecule has 8 unspecified atom stereocenters. The lowest BCUT2D eigenvalue weighted by Crippen LogP contribution is -2.64. The van der Waals surface area contributed by atoms with Crippen LogP contribution in [0.2, 0.25) is 0 Å². The molecule has 0 aromatic heterocycles. The number of aliphatic hydroxyl groups excluding tert-OH is 7. The molecule has 1 aliphatic rings. The van der Waals surface area contributed by atoms with E-state index in [1.807, 2.05) is 19.1 Å². The number of phosphoric ester groups is 1. The highest BCUT2D eigenvalue weighted by molar-refractivity contribution is 7.47. The summed E-state index contributed by atoms with van der Waals surface area (Å²) in [5.41, 5.74) is 0. The van der Waals surface area contributed by atoms with Crippen LogP contribution in [-0.4, -0.2) is 108 Å². The largest absolute Gasteiger partial charge is 0.472 e. The fraction of sp³-hybridized carbons (Fsp3) is 0.738. The molecule has 0 aromatic carbocycles. The minimum absolute atomic E-state index is 0.264. The number of unbranched alkanes of at least 4 members (excludes halogenated alkanes) is 13. The summed E-state index contributed by atoms with van der Waals surface area (Å²) in [5, 5.41) is 74.0. The Hall–Kier alpha value is -2.00. The predicted molar refractivity (Wildman–Crippen MR) is 219 cm³/mol. The lowest BCUT2D eigenvalue weighted by atomic mass is 9.85. The van der Waals surface area contributed by atoms with E-state index in [2.05, 4.69) is 48.7 Å². The molecule has 324 valence electrons. The number of rotatable bonds is 32. The number of aliphatic hydroxyl groups is 7. The average Bonchev–Trinajstić information content (AvgIpc) is 3.17. The van der Waals surface area contributed by atoms with E-state index in [0.717, 1.165) is 51.4 Å². The molecule has 0 spiro atoms. The molecule has 0 radical (unpaired) electrons. The molecule has 14 heteroatoms. The summed E-state index contributed by atoms with van der Waals surface area (Å²) in [6.45, 7) is 3.42. The van der Waals surface area contributed by atoms with Crippen LogP contribution in [0.5, 0.6) is 0 Å². The minimum atomic E-state index is -5.15. The van der Waals surface area contributed by atoms with E-state index in [-0.39, 0.29) is 6.42 Å². The van der Waals surface area contributed by atoms with Crippen molar-refractivity contribution >= 4 is 13.7 Å². The van der Waals surface area contributed by atoms with Gasteiger partial charge in [-0.2, -0.15) is 0 Å². The van der Waals surface area contributed by atoms with Gasteiger partial charge < -0.3 is 46.0 Å². The van der Waals surface area contributed by atoms with Crippen molar-refractivity contribution in [1.29, 1.82) is 0 Å². The second kappa shape index (κ2) is 31.9. The molecule has 0 saturated heterocycles. The van der Waals surface area contributed by atoms with Crippen molar-refractivity contribution in [2.45, 2.75) is 191 Å². The summed E-state index contributed by atoms with van der Waals surface area (Å²) in [4.78, 5) is 23.3. The molecule has 9 N–H and O–H groups in total. The quantitative estimate of drug-likeness (QED) is 0.0171. The van der Waals surface area contributed by atoms with Crippen LogP contribution in [0.25, 0.3) is 0 Å². The molecule has 0 heterocycles. The lowest BCUT2D eigenvalue weighted by molar-refractivity contribution is -0.220. The number of hydrogen-bond acceptors (Lipinski definition) is 11. The summed E-state index contributed by atoms with van der Waals surface area (Å²) < 4.78 is 22.7. The Morgan fingerprint density at radius 3 is 1.75 bits per heavy atom. The minimum Gasteiger partial charge on any atom is -0.393 e. The van der Waals surface area contributed by atoms with Crippen molar-refractivity contribution in [3.05, 3.63) is 60.8 Å². The van der Waals surface area contributed by atoms with Gasteiger partial charge in [0.1, 0.15) is 36.6 Å². The van der Waals surface area contributed by atoms with Crippen LogP contribution in [0.4, 0.5) is 0 Å². The molecule has 8 atom stereocenters. The van der Waals surface area contributed by atoms with E-state index in [1.165, 1.54) is 51.0 Å². The highest BCUT2D eigenvalue weighted by atomic mass is 31.2. The van der Waals surface area contributed by atoms with Crippen LogP contribution in [0, 0.1) is 0 Å². The first-order valence-electron chi connectivity index (χ1n) is 20.8. The van der Waals surface area contributed by atoms with Gasteiger partial charge in [0.15, 0.2) is 0 Å². The zero-order valence-corrected chi connectivity index (χ0v) is 34.7. The van der Waals surface area contributed by atoms with Gasteiger partial charge in [-0.05, 0) is 64.7 Å². The van der Waals surface area contributed by atoms with Gasteiger partial charge in [0.25, 0.3) is 0 Å². The van der Waals surface area contributed by atoms with Crippen molar-refractivity contribution in [3.63, 3.8) is 0 Å². The van der Waals surface area contributed by atoms with Crippen LogP contribution in [0.15, 0.2) is 60.8 Å². The standard InChI is InChI=1S/C42H74NO12P/c1-3-5-7-9-11-13-14-15-16-17-18-19-20-22-23-25-27-29-33(44)31-36(46)43-34(35(45)30-28-26-24-21-12-10-8-6-4-2)32-54-56(52,53)55-42-40(50)38(48)37(47)39(49)41(42)51/h4,6,11-15,21,28,30,33-35,37-42,44-45,47-51H,3,5,7-10,16-20,22-27,29,31-32H2,1-2H3,(H,43,46)(H,52,53)/b6-4+,13-11-,15-14-,21-12+,30-28+. The zero-order valence-electron chi connectivity index (χ0n) is 33.8. The average molecular weight is 816 g/mol. The Balaban J connectivity index is 2.56. The second-order valence-electron chi connectivity index (χ2n) is 14.7. The number of carbonyl (C=O) groups is 1. The molecule has 56 heavy (non-hydrogen) atoms. The number of hydrogen-bond donors (Lipinski definition) is 9. The van der Waals surface area contributed by atoms with Crippen molar-refractivity contribution in [2.75, 3.05) is 6.61 Å². The molecular formula is C42H74NO12P. The van der Waals surface area contributed by atoms with Gasteiger partial charge in [0, 0.05) is 0 Å². The van der Waals surface area contributed by atoms with Gasteiger partial charge in [-0.1, -0.05) is 125 Å². The van der Waals surface area contributed by atoms with Crippen molar-refractivity contribution in [2.24, 2.45) is 0 Å². The Bertz CT molecular complexity index is 1190. The second-order valence-corrected chi connectivity index (χ2v) is 16.1. The molecule has 0 aliphatic heterocycles. The Kier molecular flexibility index (Phi) is 29.7. The molecule has 1 saturated carbocycles. The smallest absolute Gasteiger partial charge is 0.393 e. The third kappa shape index (κ3) is 24.0. The van der Waals surface area contributed by atoms with Gasteiger partial charge in [0.05, 0.1) is 31.3 Å². The Morgan fingerprint density at radius 2 is 1.18 bits per heavy atom. The van der Waals surface area contributed by atoms with Crippen LogP contribution in [0.3, 0.4) is 0 Å². The Labute approximate surface area is 335 Å². The SMILES string of the molecule is C/C=C/CC/C=C/CC/C=C/C(O)C(COP(=O)(O)OC1C(O)C(O)C(O)C(O)C1O)NC(=O)CC(O)CCCCCCCCCC/C=C\C=C/CCCCC. The maximum Gasteiger partial charge on any atom is 0.472 e. The first-order chi connectivity index (χ1) is 26.8. The van der Waals surface area contributed by atoms with E-state index in [0.29, 0.717) is 19.3 Å². The molecule has 0 bridgehead atoms. The number of carbonyl (C=O) groups excluding carboxylic acids is 1. The van der Waals surface area contributed by atoms with Gasteiger partial charge in [0.2, 0.25) is 5.91 Å². The molecule has 1 rings (SSSR count). The van der Waals surface area contributed by atoms with Gasteiger partial charge in [-0.3, -0.25) is 13.8 Å². The molecule has 0 aromatic rings. The van der Waals surface area contributed by atoms with Gasteiger partial charge in [-0.25, -0.2) is 4.57 Å². The summed E-state index contributed by atoms with van der Waals surface area (Å²) in [7, 11) is -5.15. The van der Waals surface area contributed by atoms with Crippen LogP contribution in [-0.2, 0) is 18.4 Å². The molecule has 1 amide bonds. The highest BCUT2D eigenvalue weighted by Crippen LogP contribution is 2.47. The number of nitrogens with one attached hydrogen (secondary N) is 1. The topological polar surface area (TPSA) is 226 Å². The molecule has 1 fully saturated rings. The normalized spacial score (nSPS) is 24.8. The summed E-state index contributed by atoms with van der Waals surface area (Å²) in [5.74, 6) is -0.618. The van der Waals surface area contributed by atoms with E-state index in [9.17, 15) is 50.0 Å². The fourth-order valence-corrected chi connectivity index (χ4v) is 7.18. The van der Waals surface area contributed by atoms with Crippen molar-refractivity contribution < 1.29 is 59.0 Å². The summed E-state index contributed by atoms with van der Waals surface area (Å²) in [6, 6.07) is -1.27. The Morgan fingerprint density at radius 1 is 0.679 bits per heavy atom. The number of allylic oxidation sites excluding steroid dienone is 9. The maximum absolute atomic E-state index is 12.9. The lowest BCUT2D eigenvalue weighted by Gasteiger charge is -2.41. The molecular weight excluding hydrogens is 741 g/mol. The summed E-state index contributed by atoms with van der Waals surface area (Å²) >= 11 is 0. The predicted octanol–water partition coefficient (Wildman–Crippen LogP) is 5.75. The number of phosphoric acid groups is 1. The van der Waals surface area contributed by atoms with Crippen LogP contribution in [0.1, 0.15) is 136 Å². The van der Waals surface area contributed by atoms with E-state index in [4.69, 9.17) is 9.05 Å². The maximum atomic E-state index is 12.9. The van der Waals surface area contributed by atoms with Crippen molar-refractivity contribution in [1.82, 2.24) is 5.32 Å². The van der Waals surface area contributed by atoms with E-state index >= 15 is 0 Å².